The fourth-order valence-electron chi connectivity index (χ4n) is 3.84. The minimum absolute atomic E-state index is 0.170. The number of amides is 1. The predicted molar refractivity (Wildman–Crippen MR) is 89.8 cm³/mol. The van der Waals surface area contributed by atoms with Crippen molar-refractivity contribution in [1.82, 2.24) is 9.88 Å². The molecule has 1 aliphatic rings. The molecule has 0 aliphatic heterocycles. The van der Waals surface area contributed by atoms with Gasteiger partial charge >= 0.3 is 5.97 Å². The number of aromatic nitrogens is 1. The molecule has 5 nitrogen and oxygen atoms in total. The molecule has 1 aromatic rings. The third-order valence-corrected chi connectivity index (χ3v) is 5.10. The van der Waals surface area contributed by atoms with Crippen molar-refractivity contribution in [1.29, 1.82) is 0 Å². The van der Waals surface area contributed by atoms with Gasteiger partial charge in [0.2, 0.25) is 0 Å². The zero-order chi connectivity index (χ0) is 17.2. The third kappa shape index (κ3) is 3.43. The van der Waals surface area contributed by atoms with Gasteiger partial charge in [0.1, 0.15) is 0 Å². The highest BCUT2D eigenvalue weighted by atomic mass is 16.4. The van der Waals surface area contributed by atoms with Gasteiger partial charge in [-0.05, 0) is 46.6 Å². The standard InChI is InChI=1S/C18H28N2O3/c1-12(2)20-13(3)10-15(14(20)4)16(21)19-11-18(17(22)23)8-6-5-7-9-18/h10,12H,5-9,11H2,1-4H3,(H,19,21)(H,22,23). The van der Waals surface area contributed by atoms with Crippen LogP contribution in [-0.4, -0.2) is 28.1 Å². The van der Waals surface area contributed by atoms with Gasteiger partial charge in [0, 0.05) is 24.0 Å². The maximum atomic E-state index is 12.5. The van der Waals surface area contributed by atoms with Gasteiger partial charge in [-0.1, -0.05) is 19.3 Å². The number of nitrogens with one attached hydrogen (secondary N) is 1. The Morgan fingerprint density at radius 2 is 1.87 bits per heavy atom. The molecule has 1 aliphatic carbocycles. The summed E-state index contributed by atoms with van der Waals surface area (Å²) in [4.78, 5) is 24.2. The molecule has 0 radical (unpaired) electrons. The summed E-state index contributed by atoms with van der Waals surface area (Å²) in [6.45, 7) is 8.32. The van der Waals surface area contributed by atoms with Crippen LogP contribution in [0.2, 0.25) is 0 Å². The fourth-order valence-corrected chi connectivity index (χ4v) is 3.84. The van der Waals surface area contributed by atoms with Crippen molar-refractivity contribution in [2.24, 2.45) is 5.41 Å². The van der Waals surface area contributed by atoms with Crippen LogP contribution >= 0.6 is 0 Å². The van der Waals surface area contributed by atoms with E-state index in [1.165, 1.54) is 0 Å². The molecule has 5 heteroatoms. The number of carboxylic acids is 1. The number of nitrogens with zero attached hydrogens (tertiary/aromatic N) is 1. The van der Waals surface area contributed by atoms with Crippen molar-refractivity contribution in [2.75, 3.05) is 6.54 Å². The minimum Gasteiger partial charge on any atom is -0.481 e. The summed E-state index contributed by atoms with van der Waals surface area (Å²) in [5.74, 6) is -0.957. The summed E-state index contributed by atoms with van der Waals surface area (Å²) in [7, 11) is 0. The Morgan fingerprint density at radius 3 is 2.35 bits per heavy atom. The summed E-state index contributed by atoms with van der Waals surface area (Å²) < 4.78 is 2.13. The first-order chi connectivity index (χ1) is 10.8. The van der Waals surface area contributed by atoms with Crippen molar-refractivity contribution in [3.8, 4) is 0 Å². The number of rotatable bonds is 5. The van der Waals surface area contributed by atoms with Gasteiger partial charge in [-0.15, -0.1) is 0 Å². The Balaban J connectivity index is 2.13. The first-order valence-corrected chi connectivity index (χ1v) is 8.48. The second-order valence-electron chi connectivity index (χ2n) is 7.08. The van der Waals surface area contributed by atoms with E-state index < -0.39 is 11.4 Å². The van der Waals surface area contributed by atoms with E-state index in [4.69, 9.17) is 0 Å². The highest BCUT2D eigenvalue weighted by molar-refractivity contribution is 5.96. The van der Waals surface area contributed by atoms with Gasteiger partial charge in [0.15, 0.2) is 0 Å². The first-order valence-electron chi connectivity index (χ1n) is 8.48. The molecule has 2 N–H and O–H groups in total. The first kappa shape index (κ1) is 17.6. The molecule has 0 unspecified atom stereocenters. The number of aryl methyl sites for hydroxylation is 1. The van der Waals surface area contributed by atoms with E-state index in [0.29, 0.717) is 24.4 Å². The molecule has 0 bridgehead atoms. The Labute approximate surface area is 138 Å². The average molecular weight is 320 g/mol. The lowest BCUT2D eigenvalue weighted by Gasteiger charge is -2.33. The molecular weight excluding hydrogens is 292 g/mol. The number of hydrogen-bond donors (Lipinski definition) is 2. The van der Waals surface area contributed by atoms with Crippen LogP contribution in [-0.2, 0) is 4.79 Å². The predicted octanol–water partition coefficient (Wildman–Crippen LogP) is 3.45. The number of carbonyl (C=O) groups is 2. The smallest absolute Gasteiger partial charge is 0.311 e. The molecule has 0 aromatic carbocycles. The Kier molecular flexibility index (Phi) is 5.17. The van der Waals surface area contributed by atoms with Gasteiger partial charge in [-0.2, -0.15) is 0 Å². The zero-order valence-electron chi connectivity index (χ0n) is 14.6. The Hall–Kier alpha value is -1.78. The monoisotopic (exact) mass is 320 g/mol. The summed E-state index contributed by atoms with van der Waals surface area (Å²) in [5, 5.41) is 12.5. The van der Waals surface area contributed by atoms with Gasteiger partial charge in [0.05, 0.1) is 11.0 Å². The molecule has 0 saturated heterocycles. The van der Waals surface area contributed by atoms with E-state index in [2.05, 4.69) is 23.7 Å². The molecule has 128 valence electrons. The average Bonchev–Trinajstić information content (AvgIpc) is 2.80. The van der Waals surface area contributed by atoms with Crippen LogP contribution in [0.5, 0.6) is 0 Å². The summed E-state index contributed by atoms with van der Waals surface area (Å²) >= 11 is 0. The molecule has 1 saturated carbocycles. The van der Waals surface area contributed by atoms with Crippen molar-refractivity contribution in [2.45, 2.75) is 65.8 Å². The van der Waals surface area contributed by atoms with E-state index in [-0.39, 0.29) is 12.5 Å². The second kappa shape index (κ2) is 6.77. The molecule has 1 heterocycles. The lowest BCUT2D eigenvalue weighted by molar-refractivity contribution is -0.150. The topological polar surface area (TPSA) is 71.3 Å². The SMILES string of the molecule is Cc1cc(C(=O)NCC2(C(=O)O)CCCCC2)c(C)n1C(C)C. The van der Waals surface area contributed by atoms with E-state index in [9.17, 15) is 14.7 Å². The van der Waals surface area contributed by atoms with Crippen LogP contribution in [0.25, 0.3) is 0 Å². The maximum Gasteiger partial charge on any atom is 0.311 e. The van der Waals surface area contributed by atoms with Crippen molar-refractivity contribution in [3.63, 3.8) is 0 Å². The lowest BCUT2D eigenvalue weighted by Crippen LogP contribution is -2.44. The fraction of sp³-hybridized carbons (Fsp3) is 0.667. The van der Waals surface area contributed by atoms with Gasteiger partial charge < -0.3 is 15.0 Å². The summed E-state index contributed by atoms with van der Waals surface area (Å²) in [5.41, 5.74) is 1.83. The van der Waals surface area contributed by atoms with Crippen molar-refractivity contribution in [3.05, 3.63) is 23.0 Å². The van der Waals surface area contributed by atoms with Crippen LogP contribution in [0.3, 0.4) is 0 Å². The van der Waals surface area contributed by atoms with Gasteiger partial charge in [-0.3, -0.25) is 9.59 Å². The van der Waals surface area contributed by atoms with Crippen LogP contribution in [0.15, 0.2) is 6.07 Å². The summed E-state index contributed by atoms with van der Waals surface area (Å²) in [6.07, 6.45) is 4.22. The molecule has 0 spiro atoms. The van der Waals surface area contributed by atoms with Crippen molar-refractivity contribution < 1.29 is 14.7 Å². The number of carbonyl (C=O) groups excluding carboxylic acids is 1. The lowest BCUT2D eigenvalue weighted by atomic mass is 9.74. The van der Waals surface area contributed by atoms with E-state index in [1.54, 1.807) is 0 Å². The number of aliphatic carboxylic acids is 1. The Morgan fingerprint density at radius 1 is 1.26 bits per heavy atom. The quantitative estimate of drug-likeness (QED) is 0.873. The molecule has 0 atom stereocenters. The molecule has 1 fully saturated rings. The van der Waals surface area contributed by atoms with Gasteiger partial charge in [0.25, 0.3) is 5.91 Å². The highest BCUT2D eigenvalue weighted by Crippen LogP contribution is 2.36. The Bertz CT molecular complexity index is 596. The highest BCUT2D eigenvalue weighted by Gasteiger charge is 2.40. The molecule has 1 aromatic heterocycles. The van der Waals surface area contributed by atoms with Gasteiger partial charge in [-0.25, -0.2) is 0 Å². The van der Waals surface area contributed by atoms with Crippen LogP contribution in [0.1, 0.15) is 73.7 Å². The van der Waals surface area contributed by atoms with Crippen molar-refractivity contribution >= 4 is 11.9 Å². The number of carboxylic acid groups (broad SMARTS) is 1. The van der Waals surface area contributed by atoms with Crippen LogP contribution in [0, 0.1) is 19.3 Å². The van der Waals surface area contributed by atoms with Crippen LogP contribution < -0.4 is 5.32 Å². The molecular formula is C18H28N2O3. The summed E-state index contributed by atoms with van der Waals surface area (Å²) in [6, 6.07) is 2.18. The second-order valence-corrected chi connectivity index (χ2v) is 7.08. The number of hydrogen-bond acceptors (Lipinski definition) is 2. The normalized spacial score (nSPS) is 17.3. The van der Waals surface area contributed by atoms with E-state index >= 15 is 0 Å². The molecule has 1 amide bonds. The third-order valence-electron chi connectivity index (χ3n) is 5.10. The minimum atomic E-state index is -0.794. The zero-order valence-corrected chi connectivity index (χ0v) is 14.6. The molecule has 2 rings (SSSR count). The maximum absolute atomic E-state index is 12.5. The van der Waals surface area contributed by atoms with E-state index in [0.717, 1.165) is 30.7 Å². The largest absolute Gasteiger partial charge is 0.481 e. The van der Waals surface area contributed by atoms with Crippen LogP contribution in [0.4, 0.5) is 0 Å². The molecule has 23 heavy (non-hydrogen) atoms. The van der Waals surface area contributed by atoms with E-state index in [1.807, 2.05) is 19.9 Å².